The van der Waals surface area contributed by atoms with Crippen LogP contribution >= 0.6 is 0 Å². The lowest BCUT2D eigenvalue weighted by Gasteiger charge is -2.14. The first-order valence-corrected chi connectivity index (χ1v) is 10.2. The highest BCUT2D eigenvalue weighted by Crippen LogP contribution is 2.35. The fourth-order valence-electron chi connectivity index (χ4n) is 4.40. The third-order valence-corrected chi connectivity index (χ3v) is 5.87. The second-order valence-electron chi connectivity index (χ2n) is 7.84. The molecule has 0 aliphatic heterocycles. The molecule has 0 unspecified atom stereocenters. The second kappa shape index (κ2) is 6.50. The van der Waals surface area contributed by atoms with Crippen LogP contribution in [-0.2, 0) is 0 Å². The topological polar surface area (TPSA) is 38.0 Å². The number of nitrogens with one attached hydrogen (secondary N) is 1. The number of nitrogen functional groups attached to an aromatic ring is 1. The van der Waals surface area contributed by atoms with Crippen molar-refractivity contribution in [3.8, 4) is 0 Å². The molecule has 6 aromatic rings. The Balaban J connectivity index is 1.56. The molecule has 0 saturated heterocycles. The molecule has 0 saturated carbocycles. The van der Waals surface area contributed by atoms with Crippen LogP contribution < -0.4 is 11.1 Å². The van der Waals surface area contributed by atoms with Gasteiger partial charge in [-0.05, 0) is 80.2 Å². The van der Waals surface area contributed by atoms with Crippen molar-refractivity contribution in [1.29, 1.82) is 0 Å². The maximum atomic E-state index is 5.92. The van der Waals surface area contributed by atoms with Crippen LogP contribution in [0.15, 0.2) is 103 Å². The largest absolute Gasteiger partial charge is 0.399 e. The SMILES string of the molecule is Nc1ccc2cc(Nc3cccc4ccc5cc6ccccc6cc5c34)ccc2c1. The Morgan fingerprint density at radius 3 is 2.07 bits per heavy atom. The standard InChI is InChI=1S/C28H20N2/c29-24-12-10-22-16-25(13-11-21(22)15-24)30-27-7-3-6-18-8-9-23-14-19-4-1-2-5-20(19)17-26(23)28(18)27/h1-17,30H,29H2. The number of fused-ring (bicyclic) bond motifs is 5. The van der Waals surface area contributed by atoms with Crippen LogP contribution in [-0.4, -0.2) is 0 Å². The molecule has 2 nitrogen and oxygen atoms in total. The van der Waals surface area contributed by atoms with Crippen LogP contribution in [0.25, 0.3) is 43.1 Å². The average molecular weight is 384 g/mol. The van der Waals surface area contributed by atoms with Crippen molar-refractivity contribution in [3.05, 3.63) is 103 Å². The minimum atomic E-state index is 0.788. The summed E-state index contributed by atoms with van der Waals surface area (Å²) in [5, 5.41) is 13.5. The van der Waals surface area contributed by atoms with Crippen molar-refractivity contribution in [2.45, 2.75) is 0 Å². The number of hydrogen-bond acceptors (Lipinski definition) is 2. The van der Waals surface area contributed by atoms with Crippen molar-refractivity contribution < 1.29 is 0 Å². The summed E-state index contributed by atoms with van der Waals surface area (Å²) in [4.78, 5) is 0. The van der Waals surface area contributed by atoms with E-state index in [9.17, 15) is 0 Å². The van der Waals surface area contributed by atoms with Crippen LogP contribution in [0.3, 0.4) is 0 Å². The van der Waals surface area contributed by atoms with Gasteiger partial charge in [-0.3, -0.25) is 0 Å². The summed E-state index contributed by atoms with van der Waals surface area (Å²) in [7, 11) is 0. The van der Waals surface area contributed by atoms with E-state index in [2.05, 4.69) is 96.3 Å². The third-order valence-electron chi connectivity index (χ3n) is 5.87. The molecule has 0 aliphatic rings. The van der Waals surface area contributed by atoms with Gasteiger partial charge < -0.3 is 11.1 Å². The van der Waals surface area contributed by atoms with E-state index in [1.54, 1.807) is 0 Å². The van der Waals surface area contributed by atoms with E-state index < -0.39 is 0 Å². The van der Waals surface area contributed by atoms with E-state index in [0.29, 0.717) is 0 Å². The van der Waals surface area contributed by atoms with Gasteiger partial charge in [0.15, 0.2) is 0 Å². The maximum Gasteiger partial charge on any atom is 0.0470 e. The Morgan fingerprint density at radius 2 is 1.17 bits per heavy atom. The molecule has 142 valence electrons. The van der Waals surface area contributed by atoms with Gasteiger partial charge in [-0.1, -0.05) is 60.7 Å². The molecule has 30 heavy (non-hydrogen) atoms. The van der Waals surface area contributed by atoms with Gasteiger partial charge in [0.25, 0.3) is 0 Å². The van der Waals surface area contributed by atoms with Crippen LogP contribution in [0.4, 0.5) is 17.1 Å². The predicted octanol–water partition coefficient (Wildman–Crippen LogP) is 7.63. The fourth-order valence-corrected chi connectivity index (χ4v) is 4.40. The lowest BCUT2D eigenvalue weighted by Crippen LogP contribution is -1.93. The summed E-state index contributed by atoms with van der Waals surface area (Å²) in [6, 6.07) is 36.4. The lowest BCUT2D eigenvalue weighted by molar-refractivity contribution is 1.60. The summed E-state index contributed by atoms with van der Waals surface area (Å²) >= 11 is 0. The second-order valence-corrected chi connectivity index (χ2v) is 7.84. The van der Waals surface area contributed by atoms with E-state index in [1.165, 1.54) is 37.7 Å². The zero-order chi connectivity index (χ0) is 20.1. The molecule has 6 aromatic carbocycles. The van der Waals surface area contributed by atoms with E-state index in [0.717, 1.165) is 22.4 Å². The fraction of sp³-hybridized carbons (Fsp3) is 0. The normalized spacial score (nSPS) is 11.5. The zero-order valence-corrected chi connectivity index (χ0v) is 16.4. The van der Waals surface area contributed by atoms with Gasteiger partial charge in [0, 0.05) is 22.4 Å². The number of hydrogen-bond donors (Lipinski definition) is 2. The van der Waals surface area contributed by atoms with E-state index in [4.69, 9.17) is 5.73 Å². The van der Waals surface area contributed by atoms with Gasteiger partial charge in [-0.15, -0.1) is 0 Å². The maximum absolute atomic E-state index is 5.92. The number of rotatable bonds is 2. The highest BCUT2D eigenvalue weighted by Gasteiger charge is 2.08. The Bertz CT molecular complexity index is 1580. The molecule has 0 amide bonds. The molecule has 0 aromatic heterocycles. The van der Waals surface area contributed by atoms with E-state index in [1.807, 2.05) is 12.1 Å². The summed E-state index contributed by atoms with van der Waals surface area (Å²) < 4.78 is 0. The minimum absolute atomic E-state index is 0.788. The van der Waals surface area contributed by atoms with Crippen molar-refractivity contribution in [1.82, 2.24) is 0 Å². The lowest BCUT2D eigenvalue weighted by atomic mass is 9.97. The van der Waals surface area contributed by atoms with Crippen LogP contribution in [0.2, 0.25) is 0 Å². The van der Waals surface area contributed by atoms with Gasteiger partial charge in [0.2, 0.25) is 0 Å². The van der Waals surface area contributed by atoms with Gasteiger partial charge >= 0.3 is 0 Å². The summed E-state index contributed by atoms with van der Waals surface area (Å²) in [5.41, 5.74) is 8.89. The Labute approximate surface area is 174 Å². The van der Waals surface area contributed by atoms with Gasteiger partial charge in [0.1, 0.15) is 0 Å². The molecular weight excluding hydrogens is 364 g/mol. The molecule has 0 radical (unpaired) electrons. The van der Waals surface area contributed by atoms with Crippen LogP contribution in [0.5, 0.6) is 0 Å². The summed E-state index contributed by atoms with van der Waals surface area (Å²) in [6.45, 7) is 0. The minimum Gasteiger partial charge on any atom is -0.399 e. The van der Waals surface area contributed by atoms with Gasteiger partial charge in [-0.25, -0.2) is 0 Å². The molecule has 0 fully saturated rings. The molecule has 0 spiro atoms. The van der Waals surface area contributed by atoms with Crippen molar-refractivity contribution in [2.24, 2.45) is 0 Å². The first kappa shape index (κ1) is 16.9. The van der Waals surface area contributed by atoms with Crippen LogP contribution in [0.1, 0.15) is 0 Å². The van der Waals surface area contributed by atoms with E-state index >= 15 is 0 Å². The summed E-state index contributed by atoms with van der Waals surface area (Å²) in [5.74, 6) is 0. The zero-order valence-electron chi connectivity index (χ0n) is 16.4. The van der Waals surface area contributed by atoms with Gasteiger partial charge in [0.05, 0.1) is 0 Å². The van der Waals surface area contributed by atoms with Crippen molar-refractivity contribution >= 4 is 60.2 Å². The quantitative estimate of drug-likeness (QED) is 0.183. The predicted molar refractivity (Wildman–Crippen MR) is 131 cm³/mol. The Kier molecular flexibility index (Phi) is 3.65. The molecular formula is C28H20N2. The summed E-state index contributed by atoms with van der Waals surface area (Å²) in [6.07, 6.45) is 0. The first-order chi connectivity index (χ1) is 14.7. The molecule has 0 bridgehead atoms. The number of anilines is 3. The van der Waals surface area contributed by atoms with E-state index in [-0.39, 0.29) is 0 Å². The van der Waals surface area contributed by atoms with Gasteiger partial charge in [-0.2, -0.15) is 0 Å². The first-order valence-electron chi connectivity index (χ1n) is 10.2. The Morgan fingerprint density at radius 1 is 0.500 bits per heavy atom. The number of benzene rings is 6. The molecule has 0 heterocycles. The molecule has 6 rings (SSSR count). The monoisotopic (exact) mass is 384 g/mol. The average Bonchev–Trinajstić information content (AvgIpc) is 2.78. The van der Waals surface area contributed by atoms with Crippen LogP contribution in [0, 0.1) is 0 Å². The Hall–Kier alpha value is -4.04. The smallest absolute Gasteiger partial charge is 0.0470 e. The van der Waals surface area contributed by atoms with Crippen molar-refractivity contribution in [2.75, 3.05) is 11.1 Å². The molecule has 3 N–H and O–H groups in total. The molecule has 0 aliphatic carbocycles. The third kappa shape index (κ3) is 2.73. The number of nitrogens with two attached hydrogens (primary N) is 1. The molecule has 0 atom stereocenters. The highest BCUT2D eigenvalue weighted by atomic mass is 14.9. The molecule has 2 heteroatoms. The van der Waals surface area contributed by atoms with Crippen molar-refractivity contribution in [3.63, 3.8) is 0 Å². The highest BCUT2D eigenvalue weighted by molar-refractivity contribution is 6.17.